The summed E-state index contributed by atoms with van der Waals surface area (Å²) in [4.78, 5) is 9.97. The predicted molar refractivity (Wildman–Crippen MR) is 39.3 cm³/mol. The molecule has 0 saturated carbocycles. The summed E-state index contributed by atoms with van der Waals surface area (Å²) in [5, 5.41) is 0. The van der Waals surface area contributed by atoms with Gasteiger partial charge in [-0.05, 0) is 19.4 Å². The molecule has 0 fully saturated rings. The molecule has 0 amide bonds. The van der Waals surface area contributed by atoms with Gasteiger partial charge in [0, 0.05) is 6.42 Å². The Morgan fingerprint density at radius 2 is 2.11 bits per heavy atom. The molecular weight excluding hydrogens is 112 g/mol. The van der Waals surface area contributed by atoms with Crippen LogP contribution in [0.4, 0.5) is 0 Å². The van der Waals surface area contributed by atoms with Gasteiger partial charge in [0.05, 0.1) is 0 Å². The van der Waals surface area contributed by atoms with E-state index < -0.39 is 0 Å². The Balaban J connectivity index is 3.84. The van der Waals surface area contributed by atoms with Gasteiger partial charge < -0.3 is 4.79 Å². The molecule has 0 aliphatic rings. The number of rotatable bonds is 3. The van der Waals surface area contributed by atoms with Crippen LogP contribution in [0.15, 0.2) is 23.8 Å². The van der Waals surface area contributed by atoms with E-state index in [1.807, 2.05) is 32.1 Å². The number of carbonyl (C=O) groups excluding carboxylic acids is 1. The molecule has 0 N–H and O–H groups in total. The highest BCUT2D eigenvalue weighted by atomic mass is 16.1. The molecule has 9 heavy (non-hydrogen) atoms. The number of hydrogen-bond donors (Lipinski definition) is 0. The van der Waals surface area contributed by atoms with Gasteiger partial charge in [-0.1, -0.05) is 18.2 Å². The van der Waals surface area contributed by atoms with E-state index >= 15 is 0 Å². The van der Waals surface area contributed by atoms with E-state index in [4.69, 9.17) is 0 Å². The quantitative estimate of drug-likeness (QED) is 0.416. The molecule has 0 rings (SSSR count). The fraction of sp³-hybridized carbons (Fsp3) is 0.375. The van der Waals surface area contributed by atoms with Crippen LogP contribution in [-0.4, -0.2) is 6.29 Å². The first kappa shape index (κ1) is 8.15. The molecule has 1 heteroatoms. The van der Waals surface area contributed by atoms with Gasteiger partial charge in [-0.3, -0.25) is 0 Å². The third-order valence-electron chi connectivity index (χ3n) is 1.07. The monoisotopic (exact) mass is 124 g/mol. The van der Waals surface area contributed by atoms with E-state index in [0.29, 0.717) is 6.42 Å². The molecule has 0 spiro atoms. The predicted octanol–water partition coefficient (Wildman–Crippen LogP) is 2.10. The van der Waals surface area contributed by atoms with Crippen molar-refractivity contribution in [3.63, 3.8) is 0 Å². The van der Waals surface area contributed by atoms with Gasteiger partial charge >= 0.3 is 0 Å². The molecule has 0 heterocycles. The van der Waals surface area contributed by atoms with Gasteiger partial charge in [0.15, 0.2) is 0 Å². The van der Waals surface area contributed by atoms with Crippen molar-refractivity contribution >= 4 is 6.29 Å². The topological polar surface area (TPSA) is 17.1 Å². The number of carbonyl (C=O) groups is 1. The van der Waals surface area contributed by atoms with Crippen LogP contribution in [0.5, 0.6) is 0 Å². The van der Waals surface area contributed by atoms with Crippen molar-refractivity contribution in [2.75, 3.05) is 0 Å². The van der Waals surface area contributed by atoms with Crippen molar-refractivity contribution < 1.29 is 4.79 Å². The molecule has 1 nitrogen and oxygen atoms in total. The van der Waals surface area contributed by atoms with Crippen LogP contribution >= 0.6 is 0 Å². The fourth-order valence-corrected chi connectivity index (χ4v) is 0.592. The molecule has 0 aromatic heterocycles. The lowest BCUT2D eigenvalue weighted by Crippen LogP contribution is -1.77. The van der Waals surface area contributed by atoms with Crippen LogP contribution < -0.4 is 0 Å². The van der Waals surface area contributed by atoms with Crippen LogP contribution in [-0.2, 0) is 4.79 Å². The molecule has 0 aromatic rings. The van der Waals surface area contributed by atoms with Crippen molar-refractivity contribution in [3.8, 4) is 0 Å². The summed E-state index contributed by atoms with van der Waals surface area (Å²) >= 11 is 0. The second-order valence-corrected chi connectivity index (χ2v) is 1.73. The number of hydrogen-bond acceptors (Lipinski definition) is 1. The maximum absolute atomic E-state index is 9.97. The Hall–Kier alpha value is -0.850. The van der Waals surface area contributed by atoms with E-state index in [0.717, 1.165) is 11.9 Å². The van der Waals surface area contributed by atoms with E-state index in [1.165, 1.54) is 0 Å². The second-order valence-electron chi connectivity index (χ2n) is 1.73. The Kier molecular flexibility index (Phi) is 4.79. The Morgan fingerprint density at radius 3 is 2.44 bits per heavy atom. The standard InChI is InChI=1S/C8H12O/c1-3-5-8(4-2)6-7-9/h3-5,7H,6H2,1-2H3/b5-3+,8-4+. The van der Waals surface area contributed by atoms with Crippen LogP contribution in [0.1, 0.15) is 20.3 Å². The molecule has 0 bridgehead atoms. The molecule has 0 aliphatic carbocycles. The van der Waals surface area contributed by atoms with Gasteiger partial charge in [-0.15, -0.1) is 0 Å². The van der Waals surface area contributed by atoms with Crippen molar-refractivity contribution in [2.45, 2.75) is 20.3 Å². The highest BCUT2D eigenvalue weighted by molar-refractivity contribution is 5.55. The molecule has 0 aromatic carbocycles. The third kappa shape index (κ3) is 3.71. The second kappa shape index (κ2) is 5.29. The zero-order valence-electron chi connectivity index (χ0n) is 5.92. The lowest BCUT2D eigenvalue weighted by Gasteiger charge is -1.89. The van der Waals surface area contributed by atoms with Gasteiger partial charge in [0.2, 0.25) is 0 Å². The Bertz CT molecular complexity index is 132. The third-order valence-corrected chi connectivity index (χ3v) is 1.07. The minimum absolute atomic E-state index is 0.529. The highest BCUT2D eigenvalue weighted by Crippen LogP contribution is 1.99. The molecule has 0 aliphatic heterocycles. The molecule has 0 unspecified atom stereocenters. The van der Waals surface area contributed by atoms with Crippen molar-refractivity contribution in [2.24, 2.45) is 0 Å². The summed E-state index contributed by atoms with van der Waals surface area (Å²) in [6.07, 6.45) is 7.25. The number of aldehydes is 1. The lowest BCUT2D eigenvalue weighted by molar-refractivity contribution is -0.107. The van der Waals surface area contributed by atoms with Gasteiger partial charge in [0.1, 0.15) is 6.29 Å². The van der Waals surface area contributed by atoms with Crippen molar-refractivity contribution in [1.29, 1.82) is 0 Å². The maximum atomic E-state index is 9.97. The fourth-order valence-electron chi connectivity index (χ4n) is 0.592. The molecule has 0 radical (unpaired) electrons. The van der Waals surface area contributed by atoms with Crippen molar-refractivity contribution in [3.05, 3.63) is 23.8 Å². The zero-order valence-corrected chi connectivity index (χ0v) is 5.92. The first-order chi connectivity index (χ1) is 4.35. The van der Waals surface area contributed by atoms with Crippen molar-refractivity contribution in [1.82, 2.24) is 0 Å². The summed E-state index contributed by atoms with van der Waals surface area (Å²) < 4.78 is 0. The average Bonchev–Trinajstić information content (AvgIpc) is 1.88. The van der Waals surface area contributed by atoms with E-state index in [2.05, 4.69) is 0 Å². The summed E-state index contributed by atoms with van der Waals surface area (Å²) in [5.74, 6) is 0. The zero-order chi connectivity index (χ0) is 7.11. The average molecular weight is 124 g/mol. The van der Waals surface area contributed by atoms with Crippen LogP contribution in [0, 0.1) is 0 Å². The molecule has 0 atom stereocenters. The SMILES string of the molecule is C/C=C(\C=C\C)CC=O. The van der Waals surface area contributed by atoms with Crippen LogP contribution in [0.3, 0.4) is 0 Å². The normalized spacial score (nSPS) is 12.4. The summed E-state index contributed by atoms with van der Waals surface area (Å²) in [7, 11) is 0. The summed E-state index contributed by atoms with van der Waals surface area (Å²) in [5.41, 5.74) is 1.08. The Labute approximate surface area is 56.1 Å². The molecule has 50 valence electrons. The molecular formula is C8H12O. The number of allylic oxidation sites excluding steroid dienone is 4. The largest absolute Gasteiger partial charge is 0.303 e. The van der Waals surface area contributed by atoms with E-state index in [9.17, 15) is 4.79 Å². The van der Waals surface area contributed by atoms with Gasteiger partial charge in [0.25, 0.3) is 0 Å². The first-order valence-electron chi connectivity index (χ1n) is 3.06. The maximum Gasteiger partial charge on any atom is 0.124 e. The smallest absolute Gasteiger partial charge is 0.124 e. The molecule has 0 saturated heterocycles. The summed E-state index contributed by atoms with van der Waals surface area (Å²) in [6.45, 7) is 3.87. The van der Waals surface area contributed by atoms with Crippen LogP contribution in [0.2, 0.25) is 0 Å². The lowest BCUT2D eigenvalue weighted by atomic mass is 10.2. The summed E-state index contributed by atoms with van der Waals surface area (Å²) in [6, 6.07) is 0. The minimum atomic E-state index is 0.529. The van der Waals surface area contributed by atoms with E-state index in [-0.39, 0.29) is 0 Å². The highest BCUT2D eigenvalue weighted by Gasteiger charge is 1.84. The van der Waals surface area contributed by atoms with Crippen LogP contribution in [0.25, 0.3) is 0 Å². The van der Waals surface area contributed by atoms with E-state index in [1.54, 1.807) is 0 Å². The Morgan fingerprint density at radius 1 is 1.44 bits per heavy atom. The first-order valence-corrected chi connectivity index (χ1v) is 3.06. The minimum Gasteiger partial charge on any atom is -0.303 e. The van der Waals surface area contributed by atoms with Gasteiger partial charge in [-0.25, -0.2) is 0 Å². The van der Waals surface area contributed by atoms with Gasteiger partial charge in [-0.2, -0.15) is 0 Å².